The summed E-state index contributed by atoms with van der Waals surface area (Å²) in [7, 11) is 0. The molecule has 5 nitrogen and oxygen atoms in total. The molecule has 6 aromatic carbocycles. The Labute approximate surface area is 288 Å². The summed E-state index contributed by atoms with van der Waals surface area (Å²) in [6, 6.07) is 47.7. The van der Waals surface area contributed by atoms with Crippen molar-refractivity contribution in [3.05, 3.63) is 169 Å². The molecule has 0 bridgehead atoms. The van der Waals surface area contributed by atoms with Crippen molar-refractivity contribution in [2.45, 2.75) is 12.0 Å². The Kier molecular flexibility index (Phi) is 6.56. The lowest BCUT2D eigenvalue weighted by molar-refractivity contribution is 0.270. The van der Waals surface area contributed by atoms with Crippen LogP contribution >= 0.6 is 0 Å². The maximum atomic E-state index is 6.71. The van der Waals surface area contributed by atoms with Crippen molar-refractivity contribution in [3.63, 3.8) is 0 Å². The lowest BCUT2D eigenvalue weighted by atomic mass is 9.89. The Morgan fingerprint density at radius 1 is 0.480 bits per heavy atom. The van der Waals surface area contributed by atoms with Gasteiger partial charge in [-0.15, -0.1) is 0 Å². The smallest absolute Gasteiger partial charge is 0.164 e. The third-order valence-corrected chi connectivity index (χ3v) is 9.69. The Balaban J connectivity index is 1.14. The van der Waals surface area contributed by atoms with Crippen LogP contribution in [0, 0.1) is 0 Å². The van der Waals surface area contributed by atoms with Gasteiger partial charge in [-0.1, -0.05) is 140 Å². The first-order chi connectivity index (χ1) is 24.8. The van der Waals surface area contributed by atoms with Gasteiger partial charge in [0.1, 0.15) is 23.0 Å². The van der Waals surface area contributed by atoms with Crippen LogP contribution in [0.1, 0.15) is 11.5 Å². The van der Waals surface area contributed by atoms with Gasteiger partial charge in [0, 0.05) is 50.1 Å². The second-order valence-electron chi connectivity index (χ2n) is 12.7. The predicted molar refractivity (Wildman–Crippen MR) is 200 cm³/mol. The molecule has 0 N–H and O–H groups in total. The van der Waals surface area contributed by atoms with Crippen LogP contribution < -0.4 is 4.74 Å². The first-order valence-corrected chi connectivity index (χ1v) is 16.9. The highest BCUT2D eigenvalue weighted by Gasteiger charge is 2.34. The summed E-state index contributed by atoms with van der Waals surface area (Å²) in [6.45, 7) is 0. The van der Waals surface area contributed by atoms with E-state index in [1.165, 1.54) is 5.56 Å². The molecule has 2 atom stereocenters. The fourth-order valence-corrected chi connectivity index (χ4v) is 7.32. The quantitative estimate of drug-likeness (QED) is 0.187. The van der Waals surface area contributed by atoms with E-state index in [1.807, 2.05) is 72.8 Å². The minimum Gasteiger partial charge on any atom is -0.484 e. The number of hydrogen-bond donors (Lipinski definition) is 0. The number of ether oxygens (including phenoxy) is 1. The van der Waals surface area contributed by atoms with Gasteiger partial charge in [-0.25, -0.2) is 15.0 Å². The van der Waals surface area contributed by atoms with E-state index in [0.29, 0.717) is 17.5 Å². The lowest BCUT2D eigenvalue weighted by Crippen LogP contribution is -2.15. The predicted octanol–water partition coefficient (Wildman–Crippen LogP) is 11.1. The van der Waals surface area contributed by atoms with Gasteiger partial charge >= 0.3 is 0 Å². The third-order valence-electron chi connectivity index (χ3n) is 9.69. The van der Waals surface area contributed by atoms with E-state index in [4.69, 9.17) is 24.1 Å². The van der Waals surface area contributed by atoms with Gasteiger partial charge in [-0.05, 0) is 35.4 Å². The number of allylic oxidation sites excluding steroid dienone is 2. The fraction of sp³-hybridized carbons (Fsp3) is 0.0444. The standard InChI is InChI=1S/C45H29N3O2/c1-3-13-28(14-4-1)43-46-44(29-15-5-2-6-16-29)48-45(47-43)31-18-11-17-30(27-31)32-25-26-36(42-40(32)37-20-8-10-24-39(37)50-42)35-22-12-21-34-33-19-7-9-23-38(33)49-41(34)35/h1-27,33,38H. The van der Waals surface area contributed by atoms with E-state index in [-0.39, 0.29) is 12.0 Å². The molecule has 2 unspecified atom stereocenters. The maximum absolute atomic E-state index is 6.71. The lowest BCUT2D eigenvalue weighted by Gasteiger charge is -2.14. The minimum absolute atomic E-state index is 0.00421. The Morgan fingerprint density at radius 2 is 1.10 bits per heavy atom. The van der Waals surface area contributed by atoms with Crippen LogP contribution in [0.2, 0.25) is 0 Å². The van der Waals surface area contributed by atoms with E-state index in [1.54, 1.807) is 0 Å². The minimum atomic E-state index is 0.00421. The number of fused-ring (bicyclic) bond motifs is 6. The van der Waals surface area contributed by atoms with Crippen LogP contribution in [0.3, 0.4) is 0 Å². The van der Waals surface area contributed by atoms with E-state index in [2.05, 4.69) is 91.0 Å². The average Bonchev–Trinajstić information content (AvgIpc) is 3.78. The second kappa shape index (κ2) is 11.5. The highest BCUT2D eigenvalue weighted by Crippen LogP contribution is 2.49. The van der Waals surface area contributed by atoms with Gasteiger partial charge in [-0.2, -0.15) is 0 Å². The van der Waals surface area contributed by atoms with Crippen molar-refractivity contribution < 1.29 is 9.15 Å². The highest BCUT2D eigenvalue weighted by atomic mass is 16.5. The molecule has 3 heterocycles. The van der Waals surface area contributed by atoms with Crippen molar-refractivity contribution in [3.8, 4) is 62.2 Å². The van der Waals surface area contributed by atoms with E-state index >= 15 is 0 Å². The van der Waals surface area contributed by atoms with E-state index in [9.17, 15) is 0 Å². The second-order valence-corrected chi connectivity index (χ2v) is 12.7. The van der Waals surface area contributed by atoms with Crippen molar-refractivity contribution in [2.24, 2.45) is 0 Å². The van der Waals surface area contributed by atoms with Gasteiger partial charge in [0.25, 0.3) is 0 Å². The molecule has 0 radical (unpaired) electrons. The summed E-state index contributed by atoms with van der Waals surface area (Å²) in [5, 5.41) is 2.13. The summed E-state index contributed by atoms with van der Waals surface area (Å²) >= 11 is 0. The number of nitrogens with zero attached hydrogens (tertiary/aromatic N) is 3. The number of rotatable bonds is 5. The summed E-state index contributed by atoms with van der Waals surface area (Å²) in [6.07, 6.45) is 8.54. The summed E-state index contributed by atoms with van der Waals surface area (Å²) in [4.78, 5) is 14.9. The molecule has 0 fully saturated rings. The molecule has 0 saturated carbocycles. The molecule has 0 amide bonds. The molecule has 1 aliphatic heterocycles. The molecule has 8 aromatic rings. The van der Waals surface area contributed by atoms with Gasteiger partial charge in [-0.3, -0.25) is 0 Å². The normalized spacial score (nSPS) is 16.0. The molecule has 1 aliphatic carbocycles. The Bertz CT molecular complexity index is 2580. The van der Waals surface area contributed by atoms with E-state index < -0.39 is 0 Å². The molecule has 0 saturated heterocycles. The topological polar surface area (TPSA) is 61.0 Å². The van der Waals surface area contributed by atoms with Gasteiger partial charge in [0.05, 0.1) is 0 Å². The summed E-state index contributed by atoms with van der Waals surface area (Å²) in [5.74, 6) is 3.02. The molecular formula is C45H29N3O2. The van der Waals surface area contributed by atoms with Gasteiger partial charge in [0.15, 0.2) is 17.5 Å². The van der Waals surface area contributed by atoms with Crippen LogP contribution in [-0.4, -0.2) is 21.1 Å². The number of aromatic nitrogens is 3. The van der Waals surface area contributed by atoms with Crippen LogP contribution in [0.25, 0.3) is 78.4 Å². The highest BCUT2D eigenvalue weighted by molar-refractivity contribution is 6.16. The molecular weight excluding hydrogens is 615 g/mol. The SMILES string of the molecule is C1=CC2Oc3c(-c4ccc(-c5cccc(-c6nc(-c7ccccc7)nc(-c7ccccc7)n6)c5)c5c4oc4ccccc45)cccc3C2C=C1. The van der Waals surface area contributed by atoms with Crippen LogP contribution in [-0.2, 0) is 0 Å². The molecule has 2 aliphatic rings. The van der Waals surface area contributed by atoms with Crippen molar-refractivity contribution in [1.29, 1.82) is 0 Å². The summed E-state index contributed by atoms with van der Waals surface area (Å²) < 4.78 is 13.3. The van der Waals surface area contributed by atoms with Gasteiger partial charge in [0.2, 0.25) is 0 Å². The van der Waals surface area contributed by atoms with Crippen LogP contribution in [0.5, 0.6) is 5.75 Å². The summed E-state index contributed by atoms with van der Waals surface area (Å²) in [5.41, 5.74) is 9.84. The number of hydrogen-bond acceptors (Lipinski definition) is 5. The Morgan fingerprint density at radius 3 is 1.88 bits per heavy atom. The zero-order chi connectivity index (χ0) is 33.0. The largest absolute Gasteiger partial charge is 0.484 e. The average molecular weight is 644 g/mol. The van der Waals surface area contributed by atoms with E-state index in [0.717, 1.165) is 66.6 Å². The Hall–Kier alpha value is -6.59. The fourth-order valence-electron chi connectivity index (χ4n) is 7.32. The zero-order valence-electron chi connectivity index (χ0n) is 26.9. The number of benzene rings is 6. The maximum Gasteiger partial charge on any atom is 0.164 e. The molecule has 0 spiro atoms. The van der Waals surface area contributed by atoms with Crippen LogP contribution in [0.4, 0.5) is 0 Å². The monoisotopic (exact) mass is 643 g/mol. The number of para-hydroxylation sites is 2. The molecule has 50 heavy (non-hydrogen) atoms. The number of furan rings is 1. The first kappa shape index (κ1) is 28.4. The van der Waals surface area contributed by atoms with Crippen LogP contribution in [0.15, 0.2) is 168 Å². The molecule has 2 aromatic heterocycles. The molecule has 10 rings (SSSR count). The van der Waals surface area contributed by atoms with Gasteiger partial charge < -0.3 is 9.15 Å². The van der Waals surface area contributed by atoms with Crippen molar-refractivity contribution >= 4 is 21.9 Å². The molecule has 5 heteroatoms. The first-order valence-electron chi connectivity index (χ1n) is 16.9. The van der Waals surface area contributed by atoms with Crippen molar-refractivity contribution in [1.82, 2.24) is 15.0 Å². The zero-order valence-corrected chi connectivity index (χ0v) is 26.9. The van der Waals surface area contributed by atoms with Crippen molar-refractivity contribution in [2.75, 3.05) is 0 Å². The third kappa shape index (κ3) is 4.66. The molecule has 236 valence electrons.